The highest BCUT2D eigenvalue weighted by Crippen LogP contribution is 2.30. The Hall–Kier alpha value is -3.25. The standard InChI is InChI=1S/C22H22N4O2/c27-22(20-7-4-14-26(20)16-17-9-12-23-13-10-17)25-19-6-1-2-8-21(19)28-18-5-3-11-24-15-18/h1-3,5-6,8-13,15,20H,4,7,14,16H2,(H,25,27)/t20-/m1/s1. The second kappa shape index (κ2) is 8.63. The van der Waals surface area contributed by atoms with E-state index in [4.69, 9.17) is 4.74 Å². The lowest BCUT2D eigenvalue weighted by molar-refractivity contribution is -0.120. The van der Waals surface area contributed by atoms with Gasteiger partial charge in [0.15, 0.2) is 5.75 Å². The molecule has 1 saturated heterocycles. The normalized spacial score (nSPS) is 16.6. The van der Waals surface area contributed by atoms with Gasteiger partial charge in [-0.25, -0.2) is 0 Å². The van der Waals surface area contributed by atoms with Crippen LogP contribution < -0.4 is 10.1 Å². The Bertz CT molecular complexity index is 918. The molecule has 6 nitrogen and oxygen atoms in total. The Labute approximate surface area is 164 Å². The number of aromatic nitrogens is 2. The number of hydrogen-bond acceptors (Lipinski definition) is 5. The molecule has 1 aromatic carbocycles. The fourth-order valence-electron chi connectivity index (χ4n) is 3.44. The Balaban J connectivity index is 1.46. The average molecular weight is 374 g/mol. The zero-order valence-electron chi connectivity index (χ0n) is 15.5. The van der Waals surface area contributed by atoms with Gasteiger partial charge in [0.1, 0.15) is 5.75 Å². The van der Waals surface area contributed by atoms with Crippen LogP contribution in [0.1, 0.15) is 18.4 Å². The molecule has 3 heterocycles. The minimum atomic E-state index is -0.153. The third-order valence-corrected chi connectivity index (χ3v) is 4.81. The van der Waals surface area contributed by atoms with E-state index in [1.54, 1.807) is 24.8 Å². The van der Waals surface area contributed by atoms with Crippen LogP contribution in [0, 0.1) is 0 Å². The van der Waals surface area contributed by atoms with Crippen LogP contribution in [0.4, 0.5) is 5.69 Å². The number of nitrogens with zero attached hydrogens (tertiary/aromatic N) is 3. The van der Waals surface area contributed by atoms with Gasteiger partial charge < -0.3 is 10.1 Å². The lowest BCUT2D eigenvalue weighted by Crippen LogP contribution is -2.39. The average Bonchev–Trinajstić information content (AvgIpc) is 3.19. The molecule has 0 saturated carbocycles. The van der Waals surface area contributed by atoms with Gasteiger partial charge in [-0.2, -0.15) is 0 Å². The van der Waals surface area contributed by atoms with E-state index in [-0.39, 0.29) is 11.9 Å². The molecule has 1 aliphatic heterocycles. The number of amides is 1. The molecule has 0 spiro atoms. The largest absolute Gasteiger partial charge is 0.454 e. The number of pyridine rings is 2. The first-order chi connectivity index (χ1) is 13.8. The van der Waals surface area contributed by atoms with Crippen LogP contribution in [-0.4, -0.2) is 33.4 Å². The molecule has 3 aromatic rings. The molecule has 1 atom stereocenters. The third-order valence-electron chi connectivity index (χ3n) is 4.81. The van der Waals surface area contributed by atoms with Gasteiger partial charge >= 0.3 is 0 Å². The van der Waals surface area contributed by atoms with E-state index in [1.807, 2.05) is 48.5 Å². The number of anilines is 1. The van der Waals surface area contributed by atoms with Crippen molar-refractivity contribution in [3.63, 3.8) is 0 Å². The van der Waals surface area contributed by atoms with Gasteiger partial charge in [-0.1, -0.05) is 12.1 Å². The van der Waals surface area contributed by atoms with Gasteiger partial charge in [-0.15, -0.1) is 0 Å². The first-order valence-corrected chi connectivity index (χ1v) is 9.40. The fourth-order valence-corrected chi connectivity index (χ4v) is 3.44. The third kappa shape index (κ3) is 4.35. The summed E-state index contributed by atoms with van der Waals surface area (Å²) in [5, 5.41) is 3.05. The molecule has 28 heavy (non-hydrogen) atoms. The summed E-state index contributed by atoms with van der Waals surface area (Å²) < 4.78 is 5.90. The van der Waals surface area contributed by atoms with Crippen LogP contribution in [-0.2, 0) is 11.3 Å². The van der Waals surface area contributed by atoms with Gasteiger partial charge in [0.05, 0.1) is 17.9 Å². The summed E-state index contributed by atoms with van der Waals surface area (Å²) in [6.45, 7) is 1.66. The number of benzene rings is 1. The highest BCUT2D eigenvalue weighted by atomic mass is 16.5. The molecule has 0 unspecified atom stereocenters. The highest BCUT2D eigenvalue weighted by Gasteiger charge is 2.31. The molecular formula is C22H22N4O2. The second-order valence-electron chi connectivity index (χ2n) is 6.76. The van der Waals surface area contributed by atoms with E-state index in [0.29, 0.717) is 17.2 Å². The van der Waals surface area contributed by atoms with Crippen molar-refractivity contribution in [1.82, 2.24) is 14.9 Å². The lowest BCUT2D eigenvalue weighted by atomic mass is 10.1. The van der Waals surface area contributed by atoms with Crippen LogP contribution in [0.5, 0.6) is 11.5 Å². The van der Waals surface area contributed by atoms with Crippen molar-refractivity contribution in [1.29, 1.82) is 0 Å². The summed E-state index contributed by atoms with van der Waals surface area (Å²) >= 11 is 0. The number of carbonyl (C=O) groups is 1. The monoisotopic (exact) mass is 374 g/mol. The summed E-state index contributed by atoms with van der Waals surface area (Å²) in [5.41, 5.74) is 1.82. The SMILES string of the molecule is O=C(Nc1ccccc1Oc1cccnc1)[C@H]1CCCN1Cc1ccncc1. The number of ether oxygens (including phenoxy) is 1. The maximum atomic E-state index is 13.0. The Morgan fingerprint density at radius 2 is 1.93 bits per heavy atom. The van der Waals surface area contributed by atoms with Crippen molar-refractivity contribution in [2.45, 2.75) is 25.4 Å². The summed E-state index contributed by atoms with van der Waals surface area (Å²) in [6.07, 6.45) is 8.77. The van der Waals surface area contributed by atoms with Crippen molar-refractivity contribution in [3.8, 4) is 11.5 Å². The zero-order chi connectivity index (χ0) is 19.2. The van der Waals surface area contributed by atoms with E-state index in [2.05, 4.69) is 20.2 Å². The van der Waals surface area contributed by atoms with E-state index in [0.717, 1.165) is 31.5 Å². The Morgan fingerprint density at radius 3 is 2.75 bits per heavy atom. The smallest absolute Gasteiger partial charge is 0.241 e. The van der Waals surface area contributed by atoms with Crippen LogP contribution in [0.25, 0.3) is 0 Å². The number of likely N-dealkylation sites (tertiary alicyclic amines) is 1. The molecule has 1 aliphatic rings. The molecule has 1 N–H and O–H groups in total. The van der Waals surface area contributed by atoms with Crippen molar-refractivity contribution >= 4 is 11.6 Å². The number of hydrogen-bond donors (Lipinski definition) is 1. The molecule has 0 radical (unpaired) electrons. The Kier molecular flexibility index (Phi) is 5.58. The Morgan fingerprint density at radius 1 is 1.07 bits per heavy atom. The molecule has 6 heteroatoms. The first-order valence-electron chi connectivity index (χ1n) is 9.40. The molecule has 1 amide bonds. The number of rotatable bonds is 6. The van der Waals surface area contributed by atoms with Crippen LogP contribution >= 0.6 is 0 Å². The van der Waals surface area contributed by atoms with Crippen molar-refractivity contribution < 1.29 is 9.53 Å². The van der Waals surface area contributed by atoms with Gasteiger partial charge in [-0.05, 0) is 61.3 Å². The predicted molar refractivity (Wildman–Crippen MR) is 107 cm³/mol. The lowest BCUT2D eigenvalue weighted by Gasteiger charge is -2.24. The minimum Gasteiger partial charge on any atom is -0.454 e. The maximum absolute atomic E-state index is 13.0. The second-order valence-corrected chi connectivity index (χ2v) is 6.76. The van der Waals surface area contributed by atoms with Gasteiger partial charge in [0, 0.05) is 25.1 Å². The van der Waals surface area contributed by atoms with E-state index in [1.165, 1.54) is 0 Å². The van der Waals surface area contributed by atoms with Crippen LogP contribution in [0.15, 0.2) is 73.3 Å². The van der Waals surface area contributed by atoms with Gasteiger partial charge in [0.2, 0.25) is 5.91 Å². The topological polar surface area (TPSA) is 67.3 Å². The first kappa shape index (κ1) is 18.1. The van der Waals surface area contributed by atoms with Crippen molar-refractivity contribution in [3.05, 3.63) is 78.9 Å². The molecule has 2 aromatic heterocycles. The minimum absolute atomic E-state index is 0.00575. The highest BCUT2D eigenvalue weighted by molar-refractivity contribution is 5.96. The quantitative estimate of drug-likeness (QED) is 0.709. The number of para-hydroxylation sites is 2. The molecular weight excluding hydrogens is 352 g/mol. The molecule has 1 fully saturated rings. The van der Waals surface area contributed by atoms with Crippen LogP contribution in [0.3, 0.4) is 0 Å². The summed E-state index contributed by atoms with van der Waals surface area (Å²) in [6, 6.07) is 14.9. The predicted octanol–water partition coefficient (Wildman–Crippen LogP) is 3.87. The maximum Gasteiger partial charge on any atom is 0.241 e. The van der Waals surface area contributed by atoms with Gasteiger partial charge in [0.25, 0.3) is 0 Å². The summed E-state index contributed by atoms with van der Waals surface area (Å²) in [4.78, 5) is 23.3. The summed E-state index contributed by atoms with van der Waals surface area (Å²) in [5.74, 6) is 1.22. The summed E-state index contributed by atoms with van der Waals surface area (Å²) in [7, 11) is 0. The van der Waals surface area contributed by atoms with Crippen LogP contribution in [0.2, 0.25) is 0 Å². The molecule has 4 rings (SSSR count). The van der Waals surface area contributed by atoms with E-state index < -0.39 is 0 Å². The molecule has 0 bridgehead atoms. The zero-order valence-corrected chi connectivity index (χ0v) is 15.5. The van der Waals surface area contributed by atoms with Crippen molar-refractivity contribution in [2.24, 2.45) is 0 Å². The molecule has 142 valence electrons. The van der Waals surface area contributed by atoms with Gasteiger partial charge in [-0.3, -0.25) is 19.7 Å². The van der Waals surface area contributed by atoms with E-state index in [9.17, 15) is 4.79 Å². The number of carbonyl (C=O) groups excluding carboxylic acids is 1. The van der Waals surface area contributed by atoms with E-state index >= 15 is 0 Å². The molecule has 0 aliphatic carbocycles. The fraction of sp³-hybridized carbons (Fsp3) is 0.227. The van der Waals surface area contributed by atoms with Crippen molar-refractivity contribution in [2.75, 3.05) is 11.9 Å². The number of nitrogens with one attached hydrogen (secondary N) is 1.